The van der Waals surface area contributed by atoms with E-state index in [-0.39, 0.29) is 28.3 Å². The summed E-state index contributed by atoms with van der Waals surface area (Å²) in [5, 5.41) is 0. The number of thiazole rings is 1. The molecular formula is C10H14N2O4S2. The number of aryl methyl sites for hydroxylation is 1. The summed E-state index contributed by atoms with van der Waals surface area (Å²) in [5.41, 5.74) is 0.530. The van der Waals surface area contributed by atoms with Gasteiger partial charge in [-0.1, -0.05) is 11.3 Å². The van der Waals surface area contributed by atoms with Gasteiger partial charge in [-0.05, 0) is 13.3 Å². The molecule has 1 aliphatic rings. The van der Waals surface area contributed by atoms with Crippen LogP contribution in [0.2, 0.25) is 0 Å². The second kappa shape index (κ2) is 4.51. The second-order valence-electron chi connectivity index (χ2n) is 4.44. The maximum atomic E-state index is 12.2. The zero-order chi connectivity index (χ0) is 13.5. The summed E-state index contributed by atoms with van der Waals surface area (Å²) in [6.45, 7) is 1.66. The summed E-state index contributed by atoms with van der Waals surface area (Å²) in [7, 11) is -1.44. The summed E-state index contributed by atoms with van der Waals surface area (Å²) in [4.78, 5) is 27.4. The zero-order valence-corrected chi connectivity index (χ0v) is 11.7. The van der Waals surface area contributed by atoms with Crippen LogP contribution in [0.3, 0.4) is 0 Å². The number of hydrogen-bond donors (Lipinski definition) is 1. The Labute approximate surface area is 109 Å². The van der Waals surface area contributed by atoms with Crippen LogP contribution in [-0.2, 0) is 9.84 Å². The molecule has 0 bridgehead atoms. The molecule has 18 heavy (non-hydrogen) atoms. The van der Waals surface area contributed by atoms with Crippen LogP contribution in [0, 0.1) is 6.92 Å². The van der Waals surface area contributed by atoms with Crippen molar-refractivity contribution in [3.05, 3.63) is 20.2 Å². The van der Waals surface area contributed by atoms with Crippen LogP contribution in [0.1, 0.15) is 21.8 Å². The van der Waals surface area contributed by atoms with Crippen LogP contribution in [0.25, 0.3) is 0 Å². The normalized spacial score (nSPS) is 22.0. The highest BCUT2D eigenvalue weighted by Gasteiger charge is 2.33. The quantitative estimate of drug-likeness (QED) is 0.831. The highest BCUT2D eigenvalue weighted by molar-refractivity contribution is 7.91. The minimum atomic E-state index is -3.02. The molecule has 1 saturated heterocycles. The second-order valence-corrected chi connectivity index (χ2v) is 7.65. The van der Waals surface area contributed by atoms with Crippen LogP contribution < -0.4 is 4.87 Å². The molecular weight excluding hydrogens is 276 g/mol. The van der Waals surface area contributed by atoms with Crippen LogP contribution >= 0.6 is 11.3 Å². The third-order valence-corrected chi connectivity index (χ3v) is 5.82. The molecule has 2 rings (SSSR count). The highest BCUT2D eigenvalue weighted by Crippen LogP contribution is 2.20. The van der Waals surface area contributed by atoms with E-state index in [9.17, 15) is 18.0 Å². The molecule has 0 aromatic carbocycles. The lowest BCUT2D eigenvalue weighted by molar-refractivity contribution is 0.0751. The first-order valence-electron chi connectivity index (χ1n) is 5.47. The summed E-state index contributed by atoms with van der Waals surface area (Å²) >= 11 is 0.858. The van der Waals surface area contributed by atoms with Crippen molar-refractivity contribution in [2.45, 2.75) is 19.4 Å². The van der Waals surface area contributed by atoms with Gasteiger partial charge >= 0.3 is 4.87 Å². The summed E-state index contributed by atoms with van der Waals surface area (Å²) in [5.74, 6) is -0.163. The van der Waals surface area contributed by atoms with Crippen molar-refractivity contribution in [3.8, 4) is 0 Å². The first-order chi connectivity index (χ1) is 8.30. The molecule has 0 aliphatic carbocycles. The number of carbonyl (C=O) groups is 1. The van der Waals surface area contributed by atoms with Crippen LogP contribution in [0.15, 0.2) is 4.79 Å². The monoisotopic (exact) mass is 290 g/mol. The van der Waals surface area contributed by atoms with Gasteiger partial charge in [-0.25, -0.2) is 8.42 Å². The van der Waals surface area contributed by atoms with Gasteiger partial charge in [-0.15, -0.1) is 0 Å². The van der Waals surface area contributed by atoms with E-state index in [0.29, 0.717) is 17.0 Å². The molecule has 1 aromatic heterocycles. The van der Waals surface area contributed by atoms with Crippen molar-refractivity contribution in [2.75, 3.05) is 18.6 Å². The Morgan fingerprint density at radius 3 is 2.61 bits per heavy atom. The van der Waals surface area contributed by atoms with Gasteiger partial charge in [0.05, 0.1) is 11.5 Å². The molecule has 6 nitrogen and oxygen atoms in total. The van der Waals surface area contributed by atoms with Crippen molar-refractivity contribution in [1.82, 2.24) is 9.88 Å². The summed E-state index contributed by atoms with van der Waals surface area (Å²) in [6, 6.07) is -0.292. The fourth-order valence-electron chi connectivity index (χ4n) is 2.02. The fourth-order valence-corrected chi connectivity index (χ4v) is 4.61. The van der Waals surface area contributed by atoms with Gasteiger partial charge in [0.2, 0.25) is 0 Å². The lowest BCUT2D eigenvalue weighted by Crippen LogP contribution is -2.37. The number of amides is 1. The number of H-pyrrole nitrogens is 1. The Kier molecular flexibility index (Phi) is 3.33. The Hall–Kier alpha value is -1.15. The molecule has 1 fully saturated rings. The summed E-state index contributed by atoms with van der Waals surface area (Å²) in [6.07, 6.45) is 0.461. The number of aromatic amines is 1. The predicted octanol–water partition coefficient (Wildman–Crippen LogP) is 0.00392. The topological polar surface area (TPSA) is 87.3 Å². The van der Waals surface area contributed by atoms with Crippen LogP contribution in [-0.4, -0.2) is 48.8 Å². The van der Waals surface area contributed by atoms with Crippen LogP contribution in [0.4, 0.5) is 0 Å². The Morgan fingerprint density at radius 2 is 2.17 bits per heavy atom. The zero-order valence-electron chi connectivity index (χ0n) is 10.1. The van der Waals surface area contributed by atoms with Gasteiger partial charge in [0.25, 0.3) is 5.91 Å². The minimum absolute atomic E-state index is 0.00755. The molecule has 2 heterocycles. The van der Waals surface area contributed by atoms with Crippen molar-refractivity contribution in [3.63, 3.8) is 0 Å². The fraction of sp³-hybridized carbons (Fsp3) is 0.600. The maximum Gasteiger partial charge on any atom is 0.305 e. The minimum Gasteiger partial charge on any atom is -0.337 e. The third kappa shape index (κ3) is 2.49. The predicted molar refractivity (Wildman–Crippen MR) is 68.8 cm³/mol. The standard InChI is InChI=1S/C10H14N2O4S2/c1-6-8(17-10(14)11-6)9(13)12(2)7-3-4-18(15,16)5-7/h7H,3-5H2,1-2H3,(H,11,14). The van der Waals surface area contributed by atoms with E-state index < -0.39 is 9.84 Å². The average Bonchev–Trinajstić information content (AvgIpc) is 2.79. The van der Waals surface area contributed by atoms with Crippen molar-refractivity contribution < 1.29 is 13.2 Å². The van der Waals surface area contributed by atoms with Gasteiger partial charge in [0.15, 0.2) is 9.84 Å². The lowest BCUT2D eigenvalue weighted by atomic mass is 10.2. The molecule has 1 atom stereocenters. The van der Waals surface area contributed by atoms with Crippen LogP contribution in [0.5, 0.6) is 0 Å². The van der Waals surface area contributed by atoms with E-state index in [1.165, 1.54) is 4.90 Å². The van der Waals surface area contributed by atoms with E-state index in [0.717, 1.165) is 11.3 Å². The van der Waals surface area contributed by atoms with E-state index in [2.05, 4.69) is 4.98 Å². The Bertz CT molecular complexity index is 629. The molecule has 8 heteroatoms. The molecule has 1 aliphatic heterocycles. The largest absolute Gasteiger partial charge is 0.337 e. The van der Waals surface area contributed by atoms with Crippen molar-refractivity contribution >= 4 is 27.1 Å². The molecule has 0 saturated carbocycles. The molecule has 1 amide bonds. The Morgan fingerprint density at radius 1 is 1.50 bits per heavy atom. The molecule has 1 aromatic rings. The van der Waals surface area contributed by atoms with Crippen molar-refractivity contribution in [2.24, 2.45) is 0 Å². The van der Waals surface area contributed by atoms with E-state index in [1.54, 1.807) is 14.0 Å². The number of nitrogens with one attached hydrogen (secondary N) is 1. The van der Waals surface area contributed by atoms with E-state index in [1.807, 2.05) is 0 Å². The lowest BCUT2D eigenvalue weighted by Gasteiger charge is -2.22. The molecule has 0 radical (unpaired) electrons. The van der Waals surface area contributed by atoms with E-state index in [4.69, 9.17) is 0 Å². The highest BCUT2D eigenvalue weighted by atomic mass is 32.2. The van der Waals surface area contributed by atoms with Gasteiger partial charge in [-0.3, -0.25) is 9.59 Å². The first-order valence-corrected chi connectivity index (χ1v) is 8.11. The van der Waals surface area contributed by atoms with Gasteiger partial charge in [-0.2, -0.15) is 0 Å². The summed E-state index contributed by atoms with van der Waals surface area (Å²) < 4.78 is 22.8. The van der Waals surface area contributed by atoms with Gasteiger partial charge in [0, 0.05) is 18.8 Å². The van der Waals surface area contributed by atoms with Gasteiger partial charge in [0.1, 0.15) is 4.88 Å². The van der Waals surface area contributed by atoms with E-state index >= 15 is 0 Å². The number of nitrogens with zero attached hydrogens (tertiary/aromatic N) is 1. The third-order valence-electron chi connectivity index (χ3n) is 3.10. The smallest absolute Gasteiger partial charge is 0.305 e. The molecule has 1 unspecified atom stereocenters. The average molecular weight is 290 g/mol. The molecule has 0 spiro atoms. The first kappa shape index (κ1) is 13.3. The molecule has 1 N–H and O–H groups in total. The van der Waals surface area contributed by atoms with Gasteiger partial charge < -0.3 is 9.88 Å². The number of carbonyl (C=O) groups excluding carboxylic acids is 1. The van der Waals surface area contributed by atoms with Crippen molar-refractivity contribution in [1.29, 1.82) is 0 Å². The molecule has 100 valence electrons. The number of sulfone groups is 1. The SMILES string of the molecule is Cc1[nH]c(=O)sc1C(=O)N(C)C1CCS(=O)(=O)C1. The number of aromatic nitrogens is 1. The number of rotatable bonds is 2. The maximum absolute atomic E-state index is 12.2. The number of hydrogen-bond acceptors (Lipinski definition) is 5. The Balaban J connectivity index is 2.20.